The van der Waals surface area contributed by atoms with E-state index >= 15 is 0 Å². The summed E-state index contributed by atoms with van der Waals surface area (Å²) in [6, 6.07) is 53.8. The van der Waals surface area contributed by atoms with Crippen LogP contribution in [0.15, 0.2) is 157 Å². The Morgan fingerprint density at radius 2 is 0.878 bits per heavy atom. The fourth-order valence-electron chi connectivity index (χ4n) is 5.58. The maximum Gasteiger partial charge on any atom is 0.235 e. The van der Waals surface area contributed by atoms with E-state index in [9.17, 15) is 0 Å². The molecule has 0 bridgehead atoms. The molecular formula is C38H43BOS. The number of unbranched alkanes of at least 4 members (excludes halogenated alkanes) is 2. The molecular weight excluding hydrogens is 515 g/mol. The van der Waals surface area contributed by atoms with Crippen molar-refractivity contribution in [3.63, 3.8) is 0 Å². The fraction of sp³-hybridized carbons (Fsp3) is 0.211. The van der Waals surface area contributed by atoms with Crippen molar-refractivity contribution < 1.29 is 4.18 Å². The van der Waals surface area contributed by atoms with Gasteiger partial charge in [0.05, 0.1) is 6.15 Å². The van der Waals surface area contributed by atoms with Crippen LogP contribution in [0.3, 0.4) is 0 Å². The van der Waals surface area contributed by atoms with Gasteiger partial charge in [-0.2, -0.15) is 22.7 Å². The first-order chi connectivity index (χ1) is 20.3. The van der Waals surface area contributed by atoms with Gasteiger partial charge in [-0.1, -0.05) is 161 Å². The average Bonchev–Trinajstić information content (AvgIpc) is 3.06. The summed E-state index contributed by atoms with van der Waals surface area (Å²) in [6.07, 6.45) is 5.13. The summed E-state index contributed by atoms with van der Waals surface area (Å²) in [5.74, 6) is 2.05. The zero-order valence-electron chi connectivity index (χ0n) is 24.6. The van der Waals surface area contributed by atoms with Crippen LogP contribution in [0.5, 0.6) is 5.75 Å². The Hall–Kier alpha value is -3.69. The lowest BCUT2D eigenvalue weighted by Crippen LogP contribution is -2.66. The predicted molar refractivity (Wildman–Crippen MR) is 183 cm³/mol. The van der Waals surface area contributed by atoms with Crippen molar-refractivity contribution >= 4 is 33.7 Å². The van der Waals surface area contributed by atoms with Gasteiger partial charge in [0.15, 0.2) is 11.5 Å². The lowest BCUT2D eigenvalue weighted by Gasteiger charge is -2.43. The molecule has 0 heterocycles. The minimum absolute atomic E-state index is 0.139. The van der Waals surface area contributed by atoms with Crippen LogP contribution in [-0.4, -0.2) is 11.9 Å². The summed E-state index contributed by atoms with van der Waals surface area (Å²) in [5.41, 5.74) is 4.33. The van der Waals surface area contributed by atoms with Crippen LogP contribution >= 0.6 is 0 Å². The Kier molecular flexibility index (Phi) is 12.2. The van der Waals surface area contributed by atoms with E-state index in [0.717, 1.165) is 11.5 Å². The highest BCUT2D eigenvalue weighted by molar-refractivity contribution is 7.92. The first-order valence-electron chi connectivity index (χ1n) is 15.1. The fourth-order valence-corrected chi connectivity index (χ4v) is 7.35. The molecule has 0 aliphatic rings. The van der Waals surface area contributed by atoms with Gasteiger partial charge in [-0.05, 0) is 30.7 Å². The van der Waals surface area contributed by atoms with Crippen LogP contribution in [0.4, 0.5) is 0 Å². The second kappa shape index (κ2) is 16.5. The summed E-state index contributed by atoms with van der Waals surface area (Å²) in [7, 11) is 0. The van der Waals surface area contributed by atoms with Crippen LogP contribution in [0.1, 0.15) is 39.5 Å². The molecule has 0 aromatic heterocycles. The molecule has 0 N–H and O–H groups in total. The average molecular weight is 559 g/mol. The highest BCUT2D eigenvalue weighted by Crippen LogP contribution is 2.21. The maximum atomic E-state index is 6.13. The molecule has 0 spiro atoms. The van der Waals surface area contributed by atoms with Gasteiger partial charge < -0.3 is 0 Å². The number of para-hydroxylation sites is 1. The van der Waals surface area contributed by atoms with Crippen LogP contribution in [0, 0.1) is 0 Å². The Morgan fingerprint density at radius 1 is 0.488 bits per heavy atom. The van der Waals surface area contributed by atoms with E-state index in [0.29, 0.717) is 0 Å². The van der Waals surface area contributed by atoms with Gasteiger partial charge in [0.1, 0.15) is 0 Å². The summed E-state index contributed by atoms with van der Waals surface area (Å²) in [4.78, 5) is 1.29. The molecule has 1 unspecified atom stereocenters. The molecule has 0 saturated carbocycles. The van der Waals surface area contributed by atoms with E-state index in [1.54, 1.807) is 0 Å². The van der Waals surface area contributed by atoms with Gasteiger partial charge in [-0.3, -0.25) is 4.18 Å². The Bertz CT molecular complexity index is 1270. The van der Waals surface area contributed by atoms with Crippen LogP contribution < -0.4 is 20.6 Å². The number of rotatable bonds is 12. The van der Waals surface area contributed by atoms with Crippen molar-refractivity contribution in [1.82, 2.24) is 0 Å². The maximum absolute atomic E-state index is 6.13. The molecule has 41 heavy (non-hydrogen) atoms. The first-order valence-corrected chi connectivity index (χ1v) is 16.4. The third-order valence-corrected chi connectivity index (χ3v) is 9.58. The zero-order chi connectivity index (χ0) is 28.6. The Balaban J connectivity index is 0.000000195. The van der Waals surface area contributed by atoms with E-state index in [4.69, 9.17) is 4.18 Å². The van der Waals surface area contributed by atoms with Crippen molar-refractivity contribution in [1.29, 1.82) is 0 Å². The summed E-state index contributed by atoms with van der Waals surface area (Å²) < 4.78 is 6.13. The Morgan fingerprint density at radius 3 is 1.29 bits per heavy atom. The van der Waals surface area contributed by atoms with E-state index in [1.807, 2.05) is 36.4 Å². The third kappa shape index (κ3) is 8.41. The molecule has 0 fully saturated rings. The van der Waals surface area contributed by atoms with Crippen molar-refractivity contribution in [3.05, 3.63) is 152 Å². The van der Waals surface area contributed by atoms with Crippen LogP contribution in [0.25, 0.3) is 0 Å². The standard InChI is InChI=1S/C22H24B.C16H19OS/c1-2-3-19-23(20-13-7-4-8-14-20,21-15-9-5-10-16-21)22-17-11-6-12-18-22;1-2-3-14-18(16-12-8-5-9-13-16)17-15-10-6-4-7-11-15/h4-18H,2-3,19H2,1H3;4-13H,2-3,14H2,1H3/q-1;+1. The molecule has 1 atom stereocenters. The molecule has 1 nitrogen and oxygen atoms in total. The smallest absolute Gasteiger partial charge is 0.235 e. The van der Waals surface area contributed by atoms with Crippen LogP contribution in [-0.2, 0) is 11.2 Å². The Labute approximate surface area is 251 Å². The number of hydrogen-bond acceptors (Lipinski definition) is 1. The molecule has 0 saturated heterocycles. The quantitative estimate of drug-likeness (QED) is 0.110. The van der Waals surface area contributed by atoms with Gasteiger partial charge >= 0.3 is 0 Å². The minimum atomic E-state index is -0.913. The second-order valence-corrected chi connectivity index (χ2v) is 12.3. The minimum Gasteiger partial charge on any atom is -0.280 e. The predicted octanol–water partition coefficient (Wildman–Crippen LogP) is 8.41. The lowest BCUT2D eigenvalue weighted by molar-refractivity contribution is 0.621. The summed E-state index contributed by atoms with van der Waals surface area (Å²) in [6.45, 7) is 4.50. The molecule has 5 aromatic rings. The van der Waals surface area contributed by atoms with Crippen molar-refractivity contribution in [2.75, 3.05) is 5.75 Å². The van der Waals surface area contributed by atoms with E-state index in [2.05, 4.69) is 129 Å². The topological polar surface area (TPSA) is 9.23 Å². The van der Waals surface area contributed by atoms with Gasteiger partial charge in [0.25, 0.3) is 0 Å². The normalized spacial score (nSPS) is 11.7. The molecule has 0 radical (unpaired) electrons. The SMILES string of the molecule is CCCC[B-](c1ccccc1)(c1ccccc1)c1ccccc1.CCCC[S+](Oc1ccccc1)c1ccccc1. The molecule has 3 heteroatoms. The van der Waals surface area contributed by atoms with E-state index in [-0.39, 0.29) is 11.2 Å². The molecule has 0 aliphatic carbocycles. The largest absolute Gasteiger partial charge is 0.280 e. The third-order valence-electron chi connectivity index (χ3n) is 7.73. The van der Waals surface area contributed by atoms with Crippen molar-refractivity contribution in [2.45, 2.75) is 50.7 Å². The number of hydrogen-bond donors (Lipinski definition) is 0. The summed E-state index contributed by atoms with van der Waals surface area (Å²) in [5, 5.41) is 0. The monoisotopic (exact) mass is 558 g/mol. The first kappa shape index (κ1) is 30.3. The molecule has 0 amide bonds. The van der Waals surface area contributed by atoms with Gasteiger partial charge in [0, 0.05) is 0 Å². The van der Waals surface area contributed by atoms with Gasteiger partial charge in [-0.25, -0.2) is 0 Å². The van der Waals surface area contributed by atoms with Crippen molar-refractivity contribution in [3.8, 4) is 5.75 Å². The van der Waals surface area contributed by atoms with Gasteiger partial charge in [0.2, 0.25) is 16.1 Å². The zero-order valence-corrected chi connectivity index (χ0v) is 25.4. The molecule has 0 aliphatic heterocycles. The van der Waals surface area contributed by atoms with E-state index in [1.165, 1.54) is 53.3 Å². The summed E-state index contributed by atoms with van der Waals surface area (Å²) >= 11 is -0.139. The van der Waals surface area contributed by atoms with E-state index < -0.39 is 6.15 Å². The highest BCUT2D eigenvalue weighted by Gasteiger charge is 2.29. The number of benzene rings is 5. The molecule has 5 rings (SSSR count). The molecule has 210 valence electrons. The second-order valence-electron chi connectivity index (χ2n) is 10.5. The van der Waals surface area contributed by atoms with Crippen LogP contribution in [0.2, 0.25) is 6.32 Å². The lowest BCUT2D eigenvalue weighted by atomic mass is 9.14. The van der Waals surface area contributed by atoms with Gasteiger partial charge in [-0.15, -0.1) is 0 Å². The van der Waals surface area contributed by atoms with Crippen molar-refractivity contribution in [2.24, 2.45) is 0 Å². The highest BCUT2D eigenvalue weighted by atomic mass is 32.2. The molecule has 5 aromatic carbocycles.